The van der Waals surface area contributed by atoms with E-state index in [0.29, 0.717) is 23.0 Å². The topological polar surface area (TPSA) is 135 Å². The molecule has 0 saturated carbocycles. The summed E-state index contributed by atoms with van der Waals surface area (Å²) in [5.74, 6) is 1.47. The molecular formula is C20H18N6O6. The molecule has 0 bridgehead atoms. The number of hydrogen-bond acceptors (Lipinski definition) is 8. The van der Waals surface area contributed by atoms with E-state index < -0.39 is 11.2 Å². The number of nitrogens with one attached hydrogen (secondary N) is 1. The SMILES string of the molecule is Cn1c(=O)c2c(ncn2CC(=O)NCc2cc(-c3ccc4c(c3)OCO4)on2)n(C)c1=O. The van der Waals surface area contributed by atoms with Gasteiger partial charge in [0.2, 0.25) is 12.7 Å². The van der Waals surface area contributed by atoms with E-state index in [-0.39, 0.29) is 37.0 Å². The molecule has 164 valence electrons. The number of aromatic nitrogens is 5. The Morgan fingerprint density at radius 1 is 1.12 bits per heavy atom. The summed E-state index contributed by atoms with van der Waals surface area (Å²) in [6, 6.07) is 7.13. The molecule has 1 amide bonds. The second-order valence-corrected chi connectivity index (χ2v) is 7.28. The molecule has 0 atom stereocenters. The minimum atomic E-state index is -0.515. The number of aryl methyl sites for hydroxylation is 1. The quantitative estimate of drug-likeness (QED) is 0.465. The van der Waals surface area contributed by atoms with Crippen LogP contribution in [0, 0.1) is 0 Å². The number of carbonyl (C=O) groups excluding carboxylic acids is 1. The van der Waals surface area contributed by atoms with Crippen molar-refractivity contribution < 1.29 is 18.8 Å². The van der Waals surface area contributed by atoms with Crippen LogP contribution >= 0.6 is 0 Å². The van der Waals surface area contributed by atoms with Crippen LogP contribution in [0.3, 0.4) is 0 Å². The zero-order chi connectivity index (χ0) is 22.4. The molecule has 4 heterocycles. The van der Waals surface area contributed by atoms with Crippen molar-refractivity contribution in [3.8, 4) is 22.8 Å². The van der Waals surface area contributed by atoms with Crippen LogP contribution in [-0.4, -0.2) is 36.5 Å². The van der Waals surface area contributed by atoms with Gasteiger partial charge < -0.3 is 23.9 Å². The number of benzene rings is 1. The lowest BCUT2D eigenvalue weighted by molar-refractivity contribution is -0.121. The van der Waals surface area contributed by atoms with Crippen LogP contribution in [0.4, 0.5) is 0 Å². The zero-order valence-electron chi connectivity index (χ0n) is 17.2. The molecule has 0 saturated heterocycles. The van der Waals surface area contributed by atoms with Crippen molar-refractivity contribution in [1.82, 2.24) is 29.2 Å². The summed E-state index contributed by atoms with van der Waals surface area (Å²) in [5, 5.41) is 6.72. The summed E-state index contributed by atoms with van der Waals surface area (Å²) in [5.41, 5.74) is 0.692. The highest BCUT2D eigenvalue weighted by molar-refractivity contribution is 5.78. The minimum absolute atomic E-state index is 0.135. The highest BCUT2D eigenvalue weighted by Crippen LogP contribution is 2.35. The summed E-state index contributed by atoms with van der Waals surface area (Å²) < 4.78 is 19.7. The van der Waals surface area contributed by atoms with Gasteiger partial charge in [0.25, 0.3) is 5.56 Å². The van der Waals surface area contributed by atoms with Gasteiger partial charge in [0.15, 0.2) is 28.4 Å². The summed E-state index contributed by atoms with van der Waals surface area (Å²) >= 11 is 0. The van der Waals surface area contributed by atoms with Crippen molar-refractivity contribution in [2.75, 3.05) is 6.79 Å². The fourth-order valence-electron chi connectivity index (χ4n) is 3.50. The molecule has 0 fully saturated rings. The van der Waals surface area contributed by atoms with Gasteiger partial charge in [-0.2, -0.15) is 0 Å². The molecular weight excluding hydrogens is 420 g/mol. The van der Waals surface area contributed by atoms with E-state index in [2.05, 4.69) is 15.5 Å². The van der Waals surface area contributed by atoms with Gasteiger partial charge in [-0.1, -0.05) is 5.16 Å². The lowest BCUT2D eigenvalue weighted by Crippen LogP contribution is -2.38. The second-order valence-electron chi connectivity index (χ2n) is 7.28. The lowest BCUT2D eigenvalue weighted by atomic mass is 10.1. The molecule has 1 aromatic carbocycles. The number of carbonyl (C=O) groups is 1. The molecule has 1 aliphatic rings. The van der Waals surface area contributed by atoms with Crippen LogP contribution in [0.25, 0.3) is 22.5 Å². The Labute approximate surface area is 179 Å². The van der Waals surface area contributed by atoms with E-state index >= 15 is 0 Å². The lowest BCUT2D eigenvalue weighted by Gasteiger charge is -2.07. The summed E-state index contributed by atoms with van der Waals surface area (Å²) in [6.45, 7) is 0.175. The van der Waals surface area contributed by atoms with Gasteiger partial charge in [-0.05, 0) is 18.2 Å². The van der Waals surface area contributed by atoms with Crippen molar-refractivity contribution in [2.24, 2.45) is 14.1 Å². The maximum absolute atomic E-state index is 12.5. The zero-order valence-corrected chi connectivity index (χ0v) is 17.2. The number of ether oxygens (including phenoxy) is 2. The van der Waals surface area contributed by atoms with Crippen LogP contribution in [0.15, 0.2) is 44.7 Å². The molecule has 12 nitrogen and oxygen atoms in total. The Balaban J connectivity index is 1.28. The molecule has 1 aliphatic heterocycles. The summed E-state index contributed by atoms with van der Waals surface area (Å²) in [4.78, 5) is 41.0. The fraction of sp³-hybridized carbons (Fsp3) is 0.250. The molecule has 0 radical (unpaired) electrons. The number of hydrogen-bond donors (Lipinski definition) is 1. The smallest absolute Gasteiger partial charge is 0.332 e. The van der Waals surface area contributed by atoms with Gasteiger partial charge in [-0.25, -0.2) is 9.78 Å². The fourth-order valence-corrected chi connectivity index (χ4v) is 3.50. The molecule has 0 unspecified atom stereocenters. The van der Waals surface area contributed by atoms with Gasteiger partial charge in [-0.15, -0.1) is 0 Å². The summed E-state index contributed by atoms with van der Waals surface area (Å²) in [7, 11) is 2.90. The van der Waals surface area contributed by atoms with E-state index in [1.54, 1.807) is 18.2 Å². The molecule has 12 heteroatoms. The molecule has 4 aromatic rings. The Hall–Kier alpha value is -4.35. The van der Waals surface area contributed by atoms with Gasteiger partial charge >= 0.3 is 5.69 Å². The maximum atomic E-state index is 12.5. The number of rotatable bonds is 5. The van der Waals surface area contributed by atoms with E-state index in [1.165, 1.54) is 29.6 Å². The number of imidazole rings is 1. The first-order chi connectivity index (χ1) is 15.4. The van der Waals surface area contributed by atoms with Crippen LogP contribution in [0.5, 0.6) is 11.5 Å². The molecule has 1 N–H and O–H groups in total. The van der Waals surface area contributed by atoms with Crippen molar-refractivity contribution in [1.29, 1.82) is 0 Å². The monoisotopic (exact) mass is 438 g/mol. The summed E-state index contributed by atoms with van der Waals surface area (Å²) in [6.07, 6.45) is 1.36. The van der Waals surface area contributed by atoms with Crippen molar-refractivity contribution in [3.05, 3.63) is 57.1 Å². The number of amides is 1. The van der Waals surface area contributed by atoms with Crippen LogP contribution < -0.4 is 26.0 Å². The Kier molecular flexibility index (Phi) is 4.54. The van der Waals surface area contributed by atoms with E-state index in [0.717, 1.165) is 10.1 Å². The predicted molar refractivity (Wildman–Crippen MR) is 110 cm³/mol. The Morgan fingerprint density at radius 3 is 2.78 bits per heavy atom. The Morgan fingerprint density at radius 2 is 1.94 bits per heavy atom. The van der Waals surface area contributed by atoms with Gasteiger partial charge in [-0.3, -0.25) is 18.7 Å². The van der Waals surface area contributed by atoms with Crippen LogP contribution in [-0.2, 0) is 32.0 Å². The molecule has 3 aromatic heterocycles. The predicted octanol–water partition coefficient (Wildman–Crippen LogP) is 0.134. The number of fused-ring (bicyclic) bond motifs is 2. The highest BCUT2D eigenvalue weighted by Gasteiger charge is 2.18. The first-order valence-corrected chi connectivity index (χ1v) is 9.65. The largest absolute Gasteiger partial charge is 0.454 e. The van der Waals surface area contributed by atoms with Crippen LogP contribution in [0.1, 0.15) is 5.69 Å². The third kappa shape index (κ3) is 3.21. The molecule has 5 rings (SSSR count). The maximum Gasteiger partial charge on any atom is 0.332 e. The van der Waals surface area contributed by atoms with Crippen molar-refractivity contribution in [3.63, 3.8) is 0 Å². The van der Waals surface area contributed by atoms with Crippen molar-refractivity contribution in [2.45, 2.75) is 13.1 Å². The van der Waals surface area contributed by atoms with E-state index in [1.807, 2.05) is 6.07 Å². The van der Waals surface area contributed by atoms with Crippen LogP contribution in [0.2, 0.25) is 0 Å². The van der Waals surface area contributed by atoms with E-state index in [4.69, 9.17) is 14.0 Å². The van der Waals surface area contributed by atoms with Gasteiger partial charge in [0.1, 0.15) is 12.2 Å². The number of nitrogens with zero attached hydrogens (tertiary/aromatic N) is 5. The molecule has 0 spiro atoms. The first-order valence-electron chi connectivity index (χ1n) is 9.65. The highest BCUT2D eigenvalue weighted by atomic mass is 16.7. The van der Waals surface area contributed by atoms with Gasteiger partial charge in [0, 0.05) is 25.7 Å². The third-order valence-corrected chi connectivity index (χ3v) is 5.21. The molecule has 32 heavy (non-hydrogen) atoms. The average Bonchev–Trinajstić information content (AvgIpc) is 3.53. The molecule has 0 aliphatic carbocycles. The minimum Gasteiger partial charge on any atom is -0.454 e. The Bertz CT molecular complexity index is 1480. The second kappa shape index (κ2) is 7.41. The average molecular weight is 438 g/mol. The standard InChI is InChI=1S/C20H18N6O6/c1-24-18-17(19(28)25(2)20(24)29)26(9-22-18)8-16(27)21-7-12-6-14(32-23-12)11-3-4-13-15(5-11)31-10-30-13/h3-6,9H,7-8,10H2,1-2H3,(H,21,27). The van der Waals surface area contributed by atoms with Gasteiger partial charge in [0.05, 0.1) is 12.9 Å². The van der Waals surface area contributed by atoms with E-state index in [9.17, 15) is 14.4 Å². The normalized spacial score (nSPS) is 12.4. The third-order valence-electron chi connectivity index (χ3n) is 5.21. The first kappa shape index (κ1) is 19.6. The van der Waals surface area contributed by atoms with Crippen molar-refractivity contribution >= 4 is 17.1 Å².